The lowest BCUT2D eigenvalue weighted by atomic mass is 10.0. The molecule has 0 saturated carbocycles. The SMILES string of the molecule is O=C(C1CC=CC1)N1CC[C@]2(C1)CN(Cc1ccccn1)S(=O)(=O)c1ccccc1O2. The number of amides is 1. The molecule has 1 saturated heterocycles. The monoisotopic (exact) mass is 439 g/mol. The zero-order chi connectivity index (χ0) is 21.5. The van der Waals surface area contributed by atoms with Crippen LogP contribution in [0.1, 0.15) is 25.0 Å². The van der Waals surface area contributed by atoms with Crippen molar-refractivity contribution in [3.8, 4) is 5.75 Å². The summed E-state index contributed by atoms with van der Waals surface area (Å²) in [6.07, 6.45) is 7.88. The van der Waals surface area contributed by atoms with Crippen LogP contribution >= 0.6 is 0 Å². The van der Waals surface area contributed by atoms with E-state index in [1.807, 2.05) is 29.2 Å². The van der Waals surface area contributed by atoms with Gasteiger partial charge in [0.1, 0.15) is 16.2 Å². The highest BCUT2D eigenvalue weighted by Gasteiger charge is 2.49. The van der Waals surface area contributed by atoms with Gasteiger partial charge in [-0.25, -0.2) is 8.42 Å². The van der Waals surface area contributed by atoms with Gasteiger partial charge in [0.05, 0.1) is 25.3 Å². The molecule has 1 amide bonds. The number of para-hydroxylation sites is 1. The number of benzene rings is 1. The Kier molecular flexibility index (Phi) is 5.06. The summed E-state index contributed by atoms with van der Waals surface area (Å²) in [5.74, 6) is 0.464. The molecule has 0 N–H and O–H groups in total. The molecule has 3 aliphatic rings. The first-order chi connectivity index (χ1) is 15.0. The normalized spacial score (nSPS) is 25.4. The fraction of sp³-hybridized carbons (Fsp3) is 0.391. The molecule has 1 spiro atoms. The van der Waals surface area contributed by atoms with Crippen LogP contribution < -0.4 is 4.74 Å². The fourth-order valence-corrected chi connectivity index (χ4v) is 6.29. The number of fused-ring (bicyclic) bond motifs is 1. The molecule has 1 atom stereocenters. The smallest absolute Gasteiger partial charge is 0.247 e. The minimum Gasteiger partial charge on any atom is -0.483 e. The first-order valence-electron chi connectivity index (χ1n) is 10.6. The van der Waals surface area contributed by atoms with Gasteiger partial charge in [-0.15, -0.1) is 0 Å². The molecule has 2 aliphatic heterocycles. The minimum absolute atomic E-state index is 0.0124. The fourth-order valence-electron chi connectivity index (χ4n) is 4.69. The zero-order valence-electron chi connectivity index (χ0n) is 17.2. The summed E-state index contributed by atoms with van der Waals surface area (Å²) >= 11 is 0. The first kappa shape index (κ1) is 20.2. The summed E-state index contributed by atoms with van der Waals surface area (Å²) in [5.41, 5.74) is -0.112. The number of carbonyl (C=O) groups excluding carboxylic acids is 1. The molecule has 0 bridgehead atoms. The number of allylic oxidation sites excluding steroid dienone is 2. The lowest BCUT2D eigenvalue weighted by molar-refractivity contribution is -0.134. The van der Waals surface area contributed by atoms with Gasteiger partial charge in [-0.2, -0.15) is 4.31 Å². The second-order valence-electron chi connectivity index (χ2n) is 8.48. The third-order valence-electron chi connectivity index (χ3n) is 6.31. The van der Waals surface area contributed by atoms with Crippen LogP contribution in [0, 0.1) is 5.92 Å². The van der Waals surface area contributed by atoms with E-state index in [1.54, 1.807) is 36.5 Å². The predicted octanol–water partition coefficient (Wildman–Crippen LogP) is 2.60. The Labute approximate surface area is 182 Å². The number of rotatable bonds is 3. The Morgan fingerprint density at radius 3 is 2.65 bits per heavy atom. The van der Waals surface area contributed by atoms with Crippen LogP contribution in [0.4, 0.5) is 0 Å². The zero-order valence-corrected chi connectivity index (χ0v) is 18.0. The molecule has 31 heavy (non-hydrogen) atoms. The predicted molar refractivity (Wildman–Crippen MR) is 115 cm³/mol. The van der Waals surface area contributed by atoms with Crippen LogP contribution in [0.3, 0.4) is 0 Å². The number of pyridine rings is 1. The molecule has 8 heteroatoms. The maximum absolute atomic E-state index is 13.5. The van der Waals surface area contributed by atoms with E-state index in [0.717, 1.165) is 12.8 Å². The summed E-state index contributed by atoms with van der Waals surface area (Å²) in [6, 6.07) is 12.2. The van der Waals surface area contributed by atoms with E-state index in [9.17, 15) is 13.2 Å². The number of carbonyl (C=O) groups is 1. The summed E-state index contributed by atoms with van der Waals surface area (Å²) in [7, 11) is -3.78. The maximum Gasteiger partial charge on any atom is 0.247 e. The van der Waals surface area contributed by atoms with Crippen molar-refractivity contribution in [3.05, 3.63) is 66.5 Å². The second-order valence-corrected chi connectivity index (χ2v) is 10.4. The molecule has 1 aromatic heterocycles. The topological polar surface area (TPSA) is 79.8 Å². The summed E-state index contributed by atoms with van der Waals surface area (Å²) in [5, 5.41) is 0. The number of nitrogens with zero attached hydrogens (tertiary/aromatic N) is 3. The van der Waals surface area contributed by atoms with Gasteiger partial charge in [0.25, 0.3) is 0 Å². The Morgan fingerprint density at radius 1 is 1.10 bits per heavy atom. The van der Waals surface area contributed by atoms with Gasteiger partial charge in [0.2, 0.25) is 15.9 Å². The van der Waals surface area contributed by atoms with Crippen LogP contribution in [-0.4, -0.2) is 53.7 Å². The summed E-state index contributed by atoms with van der Waals surface area (Å²) in [6.45, 7) is 1.27. The summed E-state index contributed by atoms with van der Waals surface area (Å²) in [4.78, 5) is 19.3. The van der Waals surface area contributed by atoms with Crippen molar-refractivity contribution in [2.45, 2.75) is 36.3 Å². The molecular formula is C23H25N3O4S. The molecule has 1 fully saturated rings. The lowest BCUT2D eigenvalue weighted by Gasteiger charge is -2.32. The summed E-state index contributed by atoms with van der Waals surface area (Å²) < 4.78 is 34.9. The van der Waals surface area contributed by atoms with Crippen LogP contribution in [0.15, 0.2) is 65.7 Å². The van der Waals surface area contributed by atoms with E-state index in [2.05, 4.69) is 4.98 Å². The van der Waals surface area contributed by atoms with Gasteiger partial charge in [-0.3, -0.25) is 9.78 Å². The van der Waals surface area contributed by atoms with E-state index in [4.69, 9.17) is 4.74 Å². The van der Waals surface area contributed by atoms with Gasteiger partial charge in [0.15, 0.2) is 0 Å². The van der Waals surface area contributed by atoms with E-state index >= 15 is 0 Å². The Bertz CT molecular complexity index is 1110. The van der Waals surface area contributed by atoms with Crippen LogP contribution in [-0.2, 0) is 21.4 Å². The third kappa shape index (κ3) is 3.74. The first-order valence-corrected chi connectivity index (χ1v) is 12.0. The maximum atomic E-state index is 13.5. The molecule has 2 aromatic rings. The highest BCUT2D eigenvalue weighted by molar-refractivity contribution is 7.89. The average Bonchev–Trinajstić information content (AvgIpc) is 3.43. The van der Waals surface area contributed by atoms with Gasteiger partial charge >= 0.3 is 0 Å². The van der Waals surface area contributed by atoms with Crippen molar-refractivity contribution in [1.29, 1.82) is 0 Å². The number of sulfonamides is 1. The molecule has 1 aliphatic carbocycles. The highest BCUT2D eigenvalue weighted by atomic mass is 32.2. The van der Waals surface area contributed by atoms with E-state index in [0.29, 0.717) is 31.0 Å². The molecule has 5 rings (SSSR count). The Morgan fingerprint density at radius 2 is 1.87 bits per heavy atom. The molecule has 0 unspecified atom stereocenters. The quantitative estimate of drug-likeness (QED) is 0.687. The standard InChI is InChI=1S/C23H25N3O4S/c27-22(18-7-1-2-8-18)25-14-12-23(16-25)17-26(15-19-9-5-6-13-24-19)31(28,29)21-11-4-3-10-20(21)30-23/h1-6,9-11,13,18H,7-8,12,14-17H2/t23-/m0/s1. The van der Waals surface area contributed by atoms with Crippen LogP contribution in [0.25, 0.3) is 0 Å². The molecule has 3 heterocycles. The molecule has 0 radical (unpaired) electrons. The molecule has 1 aromatic carbocycles. The van der Waals surface area contributed by atoms with Crippen molar-refractivity contribution in [2.75, 3.05) is 19.6 Å². The van der Waals surface area contributed by atoms with E-state index in [1.165, 1.54) is 4.31 Å². The molecule has 162 valence electrons. The van der Waals surface area contributed by atoms with Crippen LogP contribution in [0.2, 0.25) is 0 Å². The second kappa shape index (κ2) is 7.76. The third-order valence-corrected chi connectivity index (χ3v) is 8.14. The minimum atomic E-state index is -3.78. The van der Waals surface area contributed by atoms with E-state index in [-0.39, 0.29) is 29.8 Å². The highest BCUT2D eigenvalue weighted by Crippen LogP contribution is 2.39. The van der Waals surface area contributed by atoms with Crippen molar-refractivity contribution in [1.82, 2.24) is 14.2 Å². The average molecular weight is 440 g/mol. The number of hydrogen-bond acceptors (Lipinski definition) is 5. The largest absolute Gasteiger partial charge is 0.483 e. The molecule has 7 nitrogen and oxygen atoms in total. The van der Waals surface area contributed by atoms with Crippen molar-refractivity contribution in [3.63, 3.8) is 0 Å². The molecular weight excluding hydrogens is 414 g/mol. The van der Waals surface area contributed by atoms with Gasteiger partial charge in [0, 0.05) is 25.1 Å². The van der Waals surface area contributed by atoms with Gasteiger partial charge in [-0.1, -0.05) is 30.4 Å². The number of aromatic nitrogens is 1. The number of likely N-dealkylation sites (tertiary alicyclic amines) is 1. The van der Waals surface area contributed by atoms with Crippen molar-refractivity contribution in [2.24, 2.45) is 5.92 Å². The van der Waals surface area contributed by atoms with Crippen molar-refractivity contribution >= 4 is 15.9 Å². The van der Waals surface area contributed by atoms with Gasteiger partial charge in [-0.05, 0) is 37.1 Å². The number of hydrogen-bond donors (Lipinski definition) is 0. The Balaban J connectivity index is 1.48. The lowest BCUT2D eigenvalue weighted by Crippen LogP contribution is -2.50. The number of ether oxygens (including phenoxy) is 1. The van der Waals surface area contributed by atoms with E-state index < -0.39 is 15.6 Å². The van der Waals surface area contributed by atoms with Crippen molar-refractivity contribution < 1.29 is 17.9 Å². The van der Waals surface area contributed by atoms with Crippen LogP contribution in [0.5, 0.6) is 5.75 Å². The Hall–Kier alpha value is -2.71. The van der Waals surface area contributed by atoms with Gasteiger partial charge < -0.3 is 9.64 Å².